The maximum atomic E-state index is 11.9. The molecule has 1 N–H and O–H groups in total. The van der Waals surface area contributed by atoms with E-state index >= 15 is 0 Å². The van der Waals surface area contributed by atoms with Crippen LogP contribution in [0.1, 0.15) is 21.8 Å². The van der Waals surface area contributed by atoms with E-state index in [0.717, 1.165) is 0 Å². The fourth-order valence-corrected chi connectivity index (χ4v) is 1.83. The van der Waals surface area contributed by atoms with Crippen molar-refractivity contribution in [3.63, 3.8) is 0 Å². The second kappa shape index (κ2) is 5.68. The topological polar surface area (TPSA) is 68.0 Å². The average molecular weight is 263 g/mol. The van der Waals surface area contributed by atoms with Gasteiger partial charge < -0.3 is 9.73 Å². The number of carbonyl (C=O) groups excluding carboxylic acids is 1. The Hall–Kier alpha value is -1.82. The van der Waals surface area contributed by atoms with Crippen LogP contribution in [0.5, 0.6) is 0 Å². The van der Waals surface area contributed by atoms with E-state index < -0.39 is 0 Å². The first-order valence-electron chi connectivity index (χ1n) is 5.39. The van der Waals surface area contributed by atoms with Crippen LogP contribution >= 0.6 is 11.8 Å². The molecule has 5 nitrogen and oxygen atoms in total. The van der Waals surface area contributed by atoms with Gasteiger partial charge in [-0.2, -0.15) is 0 Å². The van der Waals surface area contributed by atoms with Gasteiger partial charge in [0, 0.05) is 6.20 Å². The third kappa shape index (κ3) is 2.89. The molecule has 0 aromatic carbocycles. The van der Waals surface area contributed by atoms with E-state index in [1.54, 1.807) is 31.5 Å². The summed E-state index contributed by atoms with van der Waals surface area (Å²) < 4.78 is 5.14. The Morgan fingerprint density at radius 1 is 1.56 bits per heavy atom. The summed E-state index contributed by atoms with van der Waals surface area (Å²) in [4.78, 5) is 20.2. The number of carbonyl (C=O) groups is 1. The Morgan fingerprint density at radius 2 is 2.39 bits per heavy atom. The molecule has 2 aromatic heterocycles. The van der Waals surface area contributed by atoms with Crippen molar-refractivity contribution in [1.29, 1.82) is 0 Å². The van der Waals surface area contributed by atoms with E-state index in [0.29, 0.717) is 28.7 Å². The van der Waals surface area contributed by atoms with Gasteiger partial charge in [0.2, 0.25) is 0 Å². The third-order valence-electron chi connectivity index (χ3n) is 2.39. The van der Waals surface area contributed by atoms with Crippen molar-refractivity contribution in [2.75, 3.05) is 6.26 Å². The summed E-state index contributed by atoms with van der Waals surface area (Å²) in [6.07, 6.45) is 5.01. The molecular weight excluding hydrogens is 250 g/mol. The zero-order valence-corrected chi connectivity index (χ0v) is 11.0. The normalized spacial score (nSPS) is 10.3. The maximum Gasteiger partial charge on any atom is 0.255 e. The molecule has 94 valence electrons. The molecule has 0 bridgehead atoms. The van der Waals surface area contributed by atoms with Crippen molar-refractivity contribution in [1.82, 2.24) is 15.3 Å². The molecule has 0 atom stereocenters. The number of hydrogen-bond acceptors (Lipinski definition) is 5. The molecule has 0 saturated heterocycles. The number of hydrogen-bond donors (Lipinski definition) is 1. The summed E-state index contributed by atoms with van der Waals surface area (Å²) in [6.45, 7) is 2.15. The first-order chi connectivity index (χ1) is 8.70. The average Bonchev–Trinajstić information content (AvgIpc) is 2.88. The fourth-order valence-electron chi connectivity index (χ4n) is 1.44. The van der Waals surface area contributed by atoms with Crippen molar-refractivity contribution >= 4 is 17.7 Å². The van der Waals surface area contributed by atoms with Crippen LogP contribution in [-0.4, -0.2) is 22.1 Å². The quantitative estimate of drug-likeness (QED) is 0.675. The highest BCUT2D eigenvalue weighted by molar-refractivity contribution is 7.98. The minimum atomic E-state index is -0.198. The van der Waals surface area contributed by atoms with Gasteiger partial charge in [0.1, 0.15) is 5.76 Å². The maximum absolute atomic E-state index is 11.9. The summed E-state index contributed by atoms with van der Waals surface area (Å²) in [7, 11) is 0. The molecule has 6 heteroatoms. The van der Waals surface area contributed by atoms with Crippen LogP contribution in [0.25, 0.3) is 0 Å². The van der Waals surface area contributed by atoms with Crippen LogP contribution in [0.2, 0.25) is 0 Å². The molecule has 2 aromatic rings. The Bertz CT molecular complexity index is 540. The van der Waals surface area contributed by atoms with Gasteiger partial charge in [0.25, 0.3) is 5.91 Å². The van der Waals surface area contributed by atoms with Gasteiger partial charge in [-0.25, -0.2) is 9.97 Å². The summed E-state index contributed by atoms with van der Waals surface area (Å²) in [5.74, 6) is 0.513. The monoisotopic (exact) mass is 263 g/mol. The van der Waals surface area contributed by atoms with Crippen LogP contribution in [0.4, 0.5) is 0 Å². The zero-order chi connectivity index (χ0) is 13.0. The standard InChI is InChI=1S/C12H13N3O2S/c1-8-10(7-14-12(15-8)18-2)11(16)13-6-9-4-3-5-17-9/h3-5,7H,6H2,1-2H3,(H,13,16). The lowest BCUT2D eigenvalue weighted by molar-refractivity contribution is 0.0946. The first kappa shape index (κ1) is 12.6. The summed E-state index contributed by atoms with van der Waals surface area (Å²) in [6, 6.07) is 3.59. The van der Waals surface area contributed by atoms with Gasteiger partial charge in [-0.1, -0.05) is 11.8 Å². The zero-order valence-electron chi connectivity index (χ0n) is 10.1. The van der Waals surface area contributed by atoms with E-state index in [-0.39, 0.29) is 5.91 Å². The number of nitrogens with one attached hydrogen (secondary N) is 1. The second-order valence-corrected chi connectivity index (χ2v) is 4.39. The predicted molar refractivity (Wildman–Crippen MR) is 68.4 cm³/mol. The molecule has 2 heterocycles. The Balaban J connectivity index is 2.04. The molecule has 0 unspecified atom stereocenters. The van der Waals surface area contributed by atoms with E-state index in [2.05, 4.69) is 15.3 Å². The Morgan fingerprint density at radius 3 is 3.00 bits per heavy atom. The largest absolute Gasteiger partial charge is 0.467 e. The fraction of sp³-hybridized carbons (Fsp3) is 0.250. The van der Waals surface area contributed by atoms with Crippen LogP contribution in [0.3, 0.4) is 0 Å². The minimum Gasteiger partial charge on any atom is -0.467 e. The number of thioether (sulfide) groups is 1. The van der Waals surface area contributed by atoms with Crippen molar-refractivity contribution in [3.8, 4) is 0 Å². The van der Waals surface area contributed by atoms with Crippen molar-refractivity contribution < 1.29 is 9.21 Å². The molecule has 1 amide bonds. The van der Waals surface area contributed by atoms with Gasteiger partial charge in [-0.05, 0) is 25.3 Å². The highest BCUT2D eigenvalue weighted by Gasteiger charge is 2.11. The SMILES string of the molecule is CSc1ncc(C(=O)NCc2ccco2)c(C)n1. The van der Waals surface area contributed by atoms with Crippen LogP contribution in [0.15, 0.2) is 34.2 Å². The van der Waals surface area contributed by atoms with Gasteiger partial charge in [0.15, 0.2) is 5.16 Å². The van der Waals surface area contributed by atoms with Crippen LogP contribution < -0.4 is 5.32 Å². The smallest absolute Gasteiger partial charge is 0.255 e. The Labute approximate surface area is 109 Å². The summed E-state index contributed by atoms with van der Waals surface area (Å²) in [5, 5.41) is 3.42. The van der Waals surface area contributed by atoms with Crippen LogP contribution in [-0.2, 0) is 6.54 Å². The number of nitrogens with zero attached hydrogens (tertiary/aromatic N) is 2. The van der Waals surface area contributed by atoms with Crippen molar-refractivity contribution in [2.24, 2.45) is 0 Å². The number of aromatic nitrogens is 2. The lowest BCUT2D eigenvalue weighted by Gasteiger charge is -2.06. The van der Waals surface area contributed by atoms with Gasteiger partial charge in [0.05, 0.1) is 24.1 Å². The number of rotatable bonds is 4. The molecule has 0 spiro atoms. The highest BCUT2D eigenvalue weighted by atomic mass is 32.2. The molecule has 0 aliphatic heterocycles. The minimum absolute atomic E-state index is 0.198. The third-order valence-corrected chi connectivity index (χ3v) is 2.95. The van der Waals surface area contributed by atoms with Gasteiger partial charge >= 0.3 is 0 Å². The van der Waals surface area contributed by atoms with Crippen molar-refractivity contribution in [2.45, 2.75) is 18.6 Å². The van der Waals surface area contributed by atoms with Gasteiger partial charge in [-0.15, -0.1) is 0 Å². The van der Waals surface area contributed by atoms with Crippen molar-refractivity contribution in [3.05, 3.63) is 41.6 Å². The summed E-state index contributed by atoms with van der Waals surface area (Å²) in [5.41, 5.74) is 1.16. The predicted octanol–water partition coefficient (Wildman–Crippen LogP) is 2.03. The second-order valence-electron chi connectivity index (χ2n) is 3.62. The highest BCUT2D eigenvalue weighted by Crippen LogP contribution is 2.11. The molecule has 0 aliphatic rings. The lowest BCUT2D eigenvalue weighted by Crippen LogP contribution is -2.24. The van der Waals surface area contributed by atoms with E-state index in [1.807, 2.05) is 6.26 Å². The molecule has 0 saturated carbocycles. The van der Waals surface area contributed by atoms with Gasteiger partial charge in [-0.3, -0.25) is 4.79 Å². The Kier molecular flexibility index (Phi) is 3.99. The lowest BCUT2D eigenvalue weighted by atomic mass is 10.2. The number of aryl methyl sites for hydroxylation is 1. The first-order valence-corrected chi connectivity index (χ1v) is 6.61. The summed E-state index contributed by atoms with van der Waals surface area (Å²) >= 11 is 1.45. The number of furan rings is 1. The van der Waals surface area contributed by atoms with Crippen LogP contribution in [0, 0.1) is 6.92 Å². The molecule has 0 fully saturated rings. The van der Waals surface area contributed by atoms with E-state index in [9.17, 15) is 4.79 Å². The molecule has 0 aliphatic carbocycles. The molecule has 18 heavy (non-hydrogen) atoms. The number of amides is 1. The molecular formula is C12H13N3O2S. The molecule has 0 radical (unpaired) electrons. The van der Waals surface area contributed by atoms with E-state index in [4.69, 9.17) is 4.42 Å². The van der Waals surface area contributed by atoms with E-state index in [1.165, 1.54) is 11.8 Å². The molecule has 2 rings (SSSR count).